The van der Waals surface area contributed by atoms with Gasteiger partial charge in [-0.25, -0.2) is 4.79 Å². The molecule has 1 heterocycles. The normalized spacial score (nSPS) is 18.2. The van der Waals surface area contributed by atoms with Crippen LogP contribution in [0.1, 0.15) is 51.0 Å². The van der Waals surface area contributed by atoms with Gasteiger partial charge in [-0.05, 0) is 80.7 Å². The predicted molar refractivity (Wildman–Crippen MR) is 96.1 cm³/mol. The van der Waals surface area contributed by atoms with Crippen molar-refractivity contribution in [3.63, 3.8) is 0 Å². The number of fused-ring (bicyclic) bond motifs is 1. The molecule has 21 heavy (non-hydrogen) atoms. The van der Waals surface area contributed by atoms with Gasteiger partial charge in [-0.2, -0.15) is 0 Å². The lowest BCUT2D eigenvalue weighted by molar-refractivity contribution is 0.0147. The summed E-state index contributed by atoms with van der Waals surface area (Å²) in [6, 6.07) is 2.55. The molecule has 0 saturated carbocycles. The van der Waals surface area contributed by atoms with Gasteiger partial charge < -0.3 is 9.64 Å². The first-order chi connectivity index (χ1) is 9.80. The first kappa shape index (κ1) is 17.1. The first-order valence-electron chi connectivity index (χ1n) is 7.57. The van der Waals surface area contributed by atoms with Crippen LogP contribution in [0.5, 0.6) is 0 Å². The zero-order valence-corrected chi connectivity index (χ0v) is 16.2. The minimum atomic E-state index is -0.430. The maximum atomic E-state index is 12.5. The van der Waals surface area contributed by atoms with Crippen LogP contribution in [-0.2, 0) is 17.6 Å². The minimum Gasteiger partial charge on any atom is -0.444 e. The lowest BCUT2D eigenvalue weighted by atomic mass is 9.93. The molecule has 1 unspecified atom stereocenters. The zero-order valence-electron chi connectivity index (χ0n) is 13.2. The number of hydrogen-bond acceptors (Lipinski definition) is 3. The van der Waals surface area contributed by atoms with Crippen molar-refractivity contribution in [2.24, 2.45) is 0 Å². The van der Waals surface area contributed by atoms with Crippen molar-refractivity contribution >= 4 is 40.0 Å². The Morgan fingerprint density at radius 1 is 1.52 bits per heavy atom. The van der Waals surface area contributed by atoms with Crippen LogP contribution in [0.2, 0.25) is 0 Å². The second-order valence-electron chi connectivity index (χ2n) is 6.57. The van der Waals surface area contributed by atoms with Crippen LogP contribution >= 0.6 is 33.9 Å². The summed E-state index contributed by atoms with van der Waals surface area (Å²) in [6.45, 7) is 8.66. The van der Waals surface area contributed by atoms with E-state index >= 15 is 0 Å². The number of hydrogen-bond donors (Lipinski definition) is 0. The van der Waals surface area contributed by atoms with Crippen molar-refractivity contribution in [3.8, 4) is 0 Å². The second kappa shape index (κ2) is 6.86. The molecule has 0 spiro atoms. The van der Waals surface area contributed by atoms with Crippen molar-refractivity contribution < 1.29 is 9.53 Å². The van der Waals surface area contributed by atoms with Crippen molar-refractivity contribution in [2.45, 2.75) is 65.0 Å². The van der Waals surface area contributed by atoms with Gasteiger partial charge in [0.25, 0.3) is 0 Å². The Morgan fingerprint density at radius 3 is 2.86 bits per heavy atom. The van der Waals surface area contributed by atoms with E-state index < -0.39 is 5.60 Å². The van der Waals surface area contributed by atoms with Crippen LogP contribution in [0.15, 0.2) is 6.07 Å². The summed E-state index contributed by atoms with van der Waals surface area (Å²) in [5, 5.41) is 0. The van der Waals surface area contributed by atoms with Gasteiger partial charge in [0.05, 0.1) is 2.88 Å². The second-order valence-corrected chi connectivity index (χ2v) is 9.60. The van der Waals surface area contributed by atoms with Gasteiger partial charge in [0.15, 0.2) is 0 Å². The van der Waals surface area contributed by atoms with E-state index in [4.69, 9.17) is 4.74 Å². The Bertz CT molecular complexity index is 507. The average molecular weight is 421 g/mol. The van der Waals surface area contributed by atoms with Crippen LogP contribution in [-0.4, -0.2) is 29.2 Å². The molecule has 1 aromatic heterocycles. The molecule has 118 valence electrons. The summed E-state index contributed by atoms with van der Waals surface area (Å²) < 4.78 is 6.93. The number of thiophene rings is 1. The van der Waals surface area contributed by atoms with Gasteiger partial charge in [0.2, 0.25) is 0 Å². The highest BCUT2D eigenvalue weighted by Crippen LogP contribution is 2.32. The zero-order chi connectivity index (χ0) is 15.6. The lowest BCUT2D eigenvalue weighted by Crippen LogP contribution is -2.46. The van der Waals surface area contributed by atoms with Crippen LogP contribution in [0.4, 0.5) is 4.79 Å². The van der Waals surface area contributed by atoms with Crippen molar-refractivity contribution in [1.29, 1.82) is 0 Å². The maximum absolute atomic E-state index is 12.5. The summed E-state index contributed by atoms with van der Waals surface area (Å²) in [6.07, 6.45) is 3.89. The predicted octanol–water partition coefficient (Wildman–Crippen LogP) is 4.86. The fourth-order valence-electron chi connectivity index (χ4n) is 2.72. The molecule has 0 fully saturated rings. The Kier molecular flexibility index (Phi) is 5.57. The molecule has 0 aliphatic heterocycles. The number of aryl methyl sites for hydroxylation is 1. The third kappa shape index (κ3) is 4.58. The molecule has 1 atom stereocenters. The number of ether oxygens (including phenoxy) is 1. The SMILES string of the molecule is CCCN(C(=O)OC(C)(C)C)C1CCc2sc(I)cc2C1. The summed E-state index contributed by atoms with van der Waals surface area (Å²) in [7, 11) is 0. The molecule has 0 aromatic carbocycles. The van der Waals surface area contributed by atoms with Crippen LogP contribution in [0.25, 0.3) is 0 Å². The fourth-order valence-corrected chi connectivity index (χ4v) is 4.82. The standard InChI is InChI=1S/C16H24INO2S/c1-5-8-18(15(19)20-16(2,3)4)12-6-7-13-11(9-12)10-14(17)21-13/h10,12H,5-9H2,1-4H3. The fraction of sp³-hybridized carbons (Fsp3) is 0.688. The van der Waals surface area contributed by atoms with E-state index in [2.05, 4.69) is 35.6 Å². The number of nitrogens with zero attached hydrogens (tertiary/aromatic N) is 1. The molecule has 1 aliphatic rings. The lowest BCUT2D eigenvalue weighted by Gasteiger charge is -2.35. The molecule has 3 nitrogen and oxygen atoms in total. The topological polar surface area (TPSA) is 29.5 Å². The summed E-state index contributed by atoms with van der Waals surface area (Å²) >= 11 is 4.27. The van der Waals surface area contributed by atoms with Gasteiger partial charge >= 0.3 is 6.09 Å². The Labute approximate surface area is 145 Å². The smallest absolute Gasteiger partial charge is 0.410 e. The number of amides is 1. The van der Waals surface area contributed by atoms with Crippen molar-refractivity contribution in [3.05, 3.63) is 19.4 Å². The van der Waals surface area contributed by atoms with E-state index in [0.717, 1.165) is 32.2 Å². The van der Waals surface area contributed by atoms with Gasteiger partial charge in [0.1, 0.15) is 5.60 Å². The molecule has 1 aliphatic carbocycles. The van der Waals surface area contributed by atoms with Crippen molar-refractivity contribution in [2.75, 3.05) is 6.54 Å². The van der Waals surface area contributed by atoms with Gasteiger partial charge in [-0.3, -0.25) is 0 Å². The minimum absolute atomic E-state index is 0.164. The number of halogens is 1. The number of rotatable bonds is 3. The molecular formula is C16H24INO2S. The van der Waals surface area contributed by atoms with Crippen molar-refractivity contribution in [1.82, 2.24) is 4.90 Å². The van der Waals surface area contributed by atoms with Gasteiger partial charge in [-0.1, -0.05) is 6.92 Å². The largest absolute Gasteiger partial charge is 0.444 e. The highest BCUT2D eigenvalue weighted by molar-refractivity contribution is 14.1. The molecule has 1 aromatic rings. The molecular weight excluding hydrogens is 397 g/mol. The number of carbonyl (C=O) groups is 1. The van der Waals surface area contributed by atoms with E-state index in [1.54, 1.807) is 0 Å². The Balaban J connectivity index is 2.10. The van der Waals surface area contributed by atoms with E-state index in [1.807, 2.05) is 37.0 Å². The monoisotopic (exact) mass is 421 g/mol. The Hall–Kier alpha value is -0.300. The number of carbonyl (C=O) groups excluding carboxylic acids is 1. The molecule has 1 amide bonds. The highest BCUT2D eigenvalue weighted by Gasteiger charge is 2.31. The molecule has 0 bridgehead atoms. The van der Waals surface area contributed by atoms with E-state index in [1.165, 1.54) is 13.3 Å². The van der Waals surface area contributed by atoms with Gasteiger partial charge in [0, 0.05) is 17.5 Å². The molecule has 0 radical (unpaired) electrons. The third-order valence-corrected chi connectivity index (χ3v) is 5.56. The highest BCUT2D eigenvalue weighted by atomic mass is 127. The summed E-state index contributed by atoms with van der Waals surface area (Å²) in [4.78, 5) is 15.9. The summed E-state index contributed by atoms with van der Waals surface area (Å²) in [5.41, 5.74) is 0.992. The van der Waals surface area contributed by atoms with Crippen LogP contribution in [0.3, 0.4) is 0 Å². The molecule has 2 rings (SSSR count). The van der Waals surface area contributed by atoms with E-state index in [-0.39, 0.29) is 12.1 Å². The van der Waals surface area contributed by atoms with Gasteiger partial charge in [-0.15, -0.1) is 11.3 Å². The third-order valence-electron chi connectivity index (χ3n) is 3.56. The average Bonchev–Trinajstić information content (AvgIpc) is 2.72. The molecule has 0 saturated heterocycles. The summed E-state index contributed by atoms with van der Waals surface area (Å²) in [5.74, 6) is 0. The maximum Gasteiger partial charge on any atom is 0.410 e. The quantitative estimate of drug-likeness (QED) is 0.653. The Morgan fingerprint density at radius 2 is 2.24 bits per heavy atom. The van der Waals surface area contributed by atoms with Crippen LogP contribution < -0.4 is 0 Å². The van der Waals surface area contributed by atoms with Crippen LogP contribution in [0, 0.1) is 2.88 Å². The first-order valence-corrected chi connectivity index (χ1v) is 9.46. The van der Waals surface area contributed by atoms with E-state index in [0.29, 0.717) is 0 Å². The molecule has 0 N–H and O–H groups in total. The molecule has 5 heteroatoms. The van der Waals surface area contributed by atoms with E-state index in [9.17, 15) is 4.79 Å².